The molecule has 0 spiro atoms. The van der Waals surface area contributed by atoms with Crippen LogP contribution in [0.1, 0.15) is 48.5 Å². The molecule has 1 fully saturated rings. The third-order valence-electron chi connectivity index (χ3n) is 4.56. The molecule has 0 aliphatic heterocycles. The van der Waals surface area contributed by atoms with Gasteiger partial charge in [-0.25, -0.2) is 0 Å². The first-order chi connectivity index (χ1) is 9.59. The summed E-state index contributed by atoms with van der Waals surface area (Å²) in [6.45, 7) is 2.20. The van der Waals surface area contributed by atoms with Gasteiger partial charge in [-0.15, -0.1) is 0 Å². The van der Waals surface area contributed by atoms with Crippen LogP contribution < -0.4 is 0 Å². The molecule has 3 heteroatoms. The van der Waals surface area contributed by atoms with Crippen LogP contribution in [0.2, 0.25) is 0 Å². The Kier molecular flexibility index (Phi) is 3.20. The highest BCUT2D eigenvalue weighted by molar-refractivity contribution is 6.52. The molecule has 0 aromatic heterocycles. The largest absolute Gasteiger partial charge is 0.507 e. The minimum absolute atomic E-state index is 0.0183. The normalized spacial score (nSPS) is 26.6. The molecule has 0 saturated heterocycles. The number of Topliss-reactive ketones (excluding diaryl/α,β-unsaturated/α-hetero) is 2. The third-order valence-corrected chi connectivity index (χ3v) is 4.56. The summed E-state index contributed by atoms with van der Waals surface area (Å²) in [7, 11) is 0. The van der Waals surface area contributed by atoms with Crippen LogP contribution in [-0.4, -0.2) is 16.7 Å². The Balaban J connectivity index is 2.05. The third kappa shape index (κ3) is 1.98. The lowest BCUT2D eigenvalue weighted by molar-refractivity contribution is -0.112. The van der Waals surface area contributed by atoms with Crippen molar-refractivity contribution in [2.45, 2.75) is 32.6 Å². The molecule has 3 rings (SSSR count). The van der Waals surface area contributed by atoms with E-state index in [-0.39, 0.29) is 11.7 Å². The number of benzene rings is 1. The number of hydrogen-bond acceptors (Lipinski definition) is 3. The van der Waals surface area contributed by atoms with Crippen LogP contribution in [0, 0.1) is 11.8 Å². The molecule has 2 aliphatic carbocycles. The molecule has 0 radical (unpaired) electrons. The quantitative estimate of drug-likeness (QED) is 0.794. The highest BCUT2D eigenvalue weighted by Crippen LogP contribution is 2.39. The van der Waals surface area contributed by atoms with E-state index in [0.29, 0.717) is 22.6 Å². The number of carbonyl (C=O) groups is 2. The number of ketones is 2. The molecule has 0 atom stereocenters. The van der Waals surface area contributed by atoms with Crippen molar-refractivity contribution in [2.24, 2.45) is 11.8 Å². The van der Waals surface area contributed by atoms with Crippen LogP contribution in [0.5, 0.6) is 0 Å². The smallest absolute Gasteiger partial charge is 0.234 e. The van der Waals surface area contributed by atoms with Gasteiger partial charge in [-0.3, -0.25) is 9.59 Å². The van der Waals surface area contributed by atoms with Crippen LogP contribution in [0.15, 0.2) is 29.8 Å². The second-order valence-corrected chi connectivity index (χ2v) is 5.92. The van der Waals surface area contributed by atoms with Crippen LogP contribution in [0.3, 0.4) is 0 Å². The maximum absolute atomic E-state index is 12.3. The zero-order valence-corrected chi connectivity index (χ0v) is 11.6. The number of allylic oxidation sites excluding steroid dienone is 1. The number of fused-ring (bicyclic) bond motifs is 1. The Morgan fingerprint density at radius 1 is 0.950 bits per heavy atom. The molecule has 1 saturated carbocycles. The highest BCUT2D eigenvalue weighted by Gasteiger charge is 2.37. The molecule has 0 heterocycles. The van der Waals surface area contributed by atoms with E-state index in [1.807, 2.05) is 0 Å². The molecule has 0 amide bonds. The Morgan fingerprint density at radius 2 is 1.55 bits per heavy atom. The van der Waals surface area contributed by atoms with E-state index < -0.39 is 11.6 Å². The predicted octanol–water partition coefficient (Wildman–Crippen LogP) is 3.55. The van der Waals surface area contributed by atoms with Crippen molar-refractivity contribution >= 4 is 17.3 Å². The van der Waals surface area contributed by atoms with Gasteiger partial charge in [0.2, 0.25) is 11.6 Å². The lowest BCUT2D eigenvalue weighted by Gasteiger charge is -2.29. The topological polar surface area (TPSA) is 54.4 Å². The second kappa shape index (κ2) is 4.89. The summed E-state index contributed by atoms with van der Waals surface area (Å²) >= 11 is 0. The Labute approximate surface area is 118 Å². The van der Waals surface area contributed by atoms with Crippen LogP contribution >= 0.6 is 0 Å². The highest BCUT2D eigenvalue weighted by atomic mass is 16.3. The summed E-state index contributed by atoms with van der Waals surface area (Å²) in [4.78, 5) is 24.5. The average Bonchev–Trinajstić information content (AvgIpc) is 2.47. The molecule has 20 heavy (non-hydrogen) atoms. The summed E-state index contributed by atoms with van der Waals surface area (Å²) in [6, 6.07) is 6.80. The predicted molar refractivity (Wildman–Crippen MR) is 76.5 cm³/mol. The molecular formula is C17H18O3. The van der Waals surface area contributed by atoms with Gasteiger partial charge in [-0.05, 0) is 24.7 Å². The van der Waals surface area contributed by atoms with Crippen molar-refractivity contribution in [1.29, 1.82) is 0 Å². The monoisotopic (exact) mass is 270 g/mol. The van der Waals surface area contributed by atoms with Gasteiger partial charge in [-0.2, -0.15) is 0 Å². The number of aliphatic hydroxyl groups excluding tert-OH is 1. The first kappa shape index (κ1) is 13.1. The van der Waals surface area contributed by atoms with Crippen molar-refractivity contribution in [2.75, 3.05) is 0 Å². The molecule has 1 aromatic carbocycles. The summed E-state index contributed by atoms with van der Waals surface area (Å²) in [5, 5.41) is 10.4. The standard InChI is InChI=1S/C17H18O3/c1-10-6-8-11(9-7-10)14-15(18)12-4-2-3-5-13(12)16(19)17(14)20/h2-5,10-11,18H,6-9H2,1H3. The van der Waals surface area contributed by atoms with Gasteiger partial charge in [-0.1, -0.05) is 44.0 Å². The van der Waals surface area contributed by atoms with Crippen molar-refractivity contribution in [1.82, 2.24) is 0 Å². The van der Waals surface area contributed by atoms with Gasteiger partial charge in [0.25, 0.3) is 0 Å². The first-order valence-corrected chi connectivity index (χ1v) is 7.21. The molecule has 3 nitrogen and oxygen atoms in total. The number of carbonyl (C=O) groups excluding carboxylic acids is 2. The lowest BCUT2D eigenvalue weighted by Crippen LogP contribution is -2.29. The van der Waals surface area contributed by atoms with Crippen molar-refractivity contribution in [3.05, 3.63) is 41.0 Å². The van der Waals surface area contributed by atoms with E-state index in [2.05, 4.69) is 6.92 Å². The maximum Gasteiger partial charge on any atom is 0.234 e. The second-order valence-electron chi connectivity index (χ2n) is 5.92. The fourth-order valence-corrected chi connectivity index (χ4v) is 3.31. The van der Waals surface area contributed by atoms with Gasteiger partial charge in [0.1, 0.15) is 5.76 Å². The fourth-order valence-electron chi connectivity index (χ4n) is 3.31. The summed E-state index contributed by atoms with van der Waals surface area (Å²) in [5.74, 6) is -0.288. The van der Waals surface area contributed by atoms with Gasteiger partial charge in [0, 0.05) is 16.7 Å². The van der Waals surface area contributed by atoms with E-state index in [1.165, 1.54) is 0 Å². The molecule has 104 valence electrons. The van der Waals surface area contributed by atoms with Gasteiger partial charge in [0.05, 0.1) is 0 Å². The van der Waals surface area contributed by atoms with Crippen LogP contribution in [0.25, 0.3) is 5.76 Å². The zero-order valence-electron chi connectivity index (χ0n) is 11.6. The van der Waals surface area contributed by atoms with E-state index in [9.17, 15) is 14.7 Å². The van der Waals surface area contributed by atoms with E-state index >= 15 is 0 Å². The lowest BCUT2D eigenvalue weighted by atomic mass is 9.74. The Hall–Kier alpha value is -1.90. The SMILES string of the molecule is CC1CCC(C2=C(O)c3ccccc3C(=O)C2=O)CC1. The number of hydrogen-bond donors (Lipinski definition) is 1. The van der Waals surface area contributed by atoms with E-state index in [4.69, 9.17) is 0 Å². The average molecular weight is 270 g/mol. The van der Waals surface area contributed by atoms with Crippen molar-refractivity contribution in [3.63, 3.8) is 0 Å². The summed E-state index contributed by atoms with van der Waals surface area (Å²) in [6.07, 6.45) is 3.85. The molecular weight excluding hydrogens is 252 g/mol. The maximum atomic E-state index is 12.3. The zero-order chi connectivity index (χ0) is 14.3. The van der Waals surface area contributed by atoms with Crippen LogP contribution in [0.4, 0.5) is 0 Å². The minimum Gasteiger partial charge on any atom is -0.507 e. The fraction of sp³-hybridized carbons (Fsp3) is 0.412. The first-order valence-electron chi connectivity index (χ1n) is 7.21. The van der Waals surface area contributed by atoms with Crippen molar-refractivity contribution in [3.8, 4) is 0 Å². The van der Waals surface area contributed by atoms with Gasteiger partial charge < -0.3 is 5.11 Å². The summed E-state index contributed by atoms with van der Waals surface area (Å²) < 4.78 is 0. The summed E-state index contributed by atoms with van der Waals surface area (Å²) in [5.41, 5.74) is 1.18. The van der Waals surface area contributed by atoms with E-state index in [1.54, 1.807) is 24.3 Å². The molecule has 1 N–H and O–H groups in total. The minimum atomic E-state index is -0.513. The van der Waals surface area contributed by atoms with Crippen molar-refractivity contribution < 1.29 is 14.7 Å². The molecule has 1 aromatic rings. The van der Waals surface area contributed by atoms with Gasteiger partial charge in [0.15, 0.2) is 0 Å². The number of rotatable bonds is 1. The molecule has 0 bridgehead atoms. The number of aliphatic hydroxyl groups is 1. The Bertz CT molecular complexity index is 604. The molecule has 2 aliphatic rings. The van der Waals surface area contributed by atoms with Gasteiger partial charge >= 0.3 is 0 Å². The Morgan fingerprint density at radius 3 is 2.20 bits per heavy atom. The molecule has 0 unspecified atom stereocenters. The van der Waals surface area contributed by atoms with Crippen LogP contribution in [-0.2, 0) is 4.79 Å². The van der Waals surface area contributed by atoms with E-state index in [0.717, 1.165) is 25.7 Å².